The highest BCUT2D eigenvalue weighted by Crippen LogP contribution is 2.30. The number of aliphatic hydroxyl groups is 1. The Balaban J connectivity index is 1.70. The van der Waals surface area contributed by atoms with E-state index in [-0.39, 0.29) is 30.8 Å². The van der Waals surface area contributed by atoms with Crippen molar-refractivity contribution in [2.24, 2.45) is 0 Å². The van der Waals surface area contributed by atoms with Crippen LogP contribution in [0.25, 0.3) is 0 Å². The zero-order valence-corrected chi connectivity index (χ0v) is 17.6. The van der Waals surface area contributed by atoms with E-state index < -0.39 is 6.10 Å². The second kappa shape index (κ2) is 10.2. The molecule has 1 aromatic rings. The van der Waals surface area contributed by atoms with Crippen molar-refractivity contribution in [3.05, 3.63) is 33.8 Å². The molecule has 1 aromatic carbocycles. The molecular weight excluding hydrogens is 403 g/mol. The number of benzene rings is 1. The Hall–Kier alpha value is -0.890. The van der Waals surface area contributed by atoms with Gasteiger partial charge in [0.25, 0.3) is 0 Å². The summed E-state index contributed by atoms with van der Waals surface area (Å²) in [6.07, 6.45) is 1.25. The second-order valence-electron chi connectivity index (χ2n) is 7.47. The number of halogens is 2. The summed E-state index contributed by atoms with van der Waals surface area (Å²) in [5, 5.41) is 14.1. The van der Waals surface area contributed by atoms with Gasteiger partial charge in [0, 0.05) is 25.7 Å². The smallest absolute Gasteiger partial charge is 0.222 e. The van der Waals surface area contributed by atoms with Crippen LogP contribution < -0.4 is 5.32 Å². The first kappa shape index (κ1) is 21.8. The summed E-state index contributed by atoms with van der Waals surface area (Å²) in [6.45, 7) is 4.34. The molecule has 2 heterocycles. The molecule has 2 N–H and O–H groups in total. The number of nitrogens with zero attached hydrogens (tertiary/aromatic N) is 1. The zero-order valence-electron chi connectivity index (χ0n) is 16.1. The molecule has 0 saturated carbocycles. The predicted molar refractivity (Wildman–Crippen MR) is 109 cm³/mol. The van der Waals surface area contributed by atoms with Crippen molar-refractivity contribution < 1.29 is 19.4 Å². The van der Waals surface area contributed by atoms with Gasteiger partial charge >= 0.3 is 0 Å². The Morgan fingerprint density at radius 1 is 1.29 bits per heavy atom. The highest BCUT2D eigenvalue weighted by atomic mass is 35.5. The molecule has 0 aromatic heterocycles. The largest absolute Gasteiger partial charge is 0.389 e. The molecule has 4 atom stereocenters. The first-order valence-electron chi connectivity index (χ1n) is 9.82. The monoisotopic (exact) mass is 430 g/mol. The molecule has 2 aliphatic rings. The molecule has 28 heavy (non-hydrogen) atoms. The van der Waals surface area contributed by atoms with Crippen LogP contribution in [0.3, 0.4) is 0 Å². The number of aliphatic hydroxyl groups excluding tert-OH is 1. The molecule has 8 heteroatoms. The van der Waals surface area contributed by atoms with Gasteiger partial charge < -0.3 is 19.9 Å². The Bertz CT molecular complexity index is 676. The van der Waals surface area contributed by atoms with Crippen LogP contribution >= 0.6 is 23.2 Å². The summed E-state index contributed by atoms with van der Waals surface area (Å²) < 4.78 is 11.9. The van der Waals surface area contributed by atoms with Crippen LogP contribution in [0.5, 0.6) is 0 Å². The van der Waals surface area contributed by atoms with E-state index in [2.05, 4.69) is 10.2 Å². The van der Waals surface area contributed by atoms with Crippen molar-refractivity contribution >= 4 is 29.1 Å². The third-order valence-electron chi connectivity index (χ3n) is 5.24. The second-order valence-corrected chi connectivity index (χ2v) is 8.28. The molecule has 3 rings (SSSR count). The molecule has 156 valence electrons. The van der Waals surface area contributed by atoms with Crippen molar-refractivity contribution in [1.29, 1.82) is 0 Å². The molecule has 0 spiro atoms. The SMILES string of the molecule is CCNC(=O)C[C@@H]1CC[C@@H]2[C@H](COC[C@H](O)CN2Cc2ccc(Cl)c(Cl)c2)O1. The third-order valence-corrected chi connectivity index (χ3v) is 5.98. The van der Waals surface area contributed by atoms with Crippen LogP contribution in [0.15, 0.2) is 18.2 Å². The number of hydrogen-bond acceptors (Lipinski definition) is 5. The van der Waals surface area contributed by atoms with E-state index >= 15 is 0 Å². The first-order chi connectivity index (χ1) is 13.5. The van der Waals surface area contributed by atoms with Crippen molar-refractivity contribution in [3.8, 4) is 0 Å². The molecule has 0 aliphatic carbocycles. The normalized spacial score (nSPS) is 28.9. The lowest BCUT2D eigenvalue weighted by Crippen LogP contribution is -2.55. The van der Waals surface area contributed by atoms with Crippen LogP contribution in [-0.4, -0.2) is 66.6 Å². The van der Waals surface area contributed by atoms with E-state index in [1.807, 2.05) is 19.1 Å². The minimum absolute atomic E-state index is 0.0146. The van der Waals surface area contributed by atoms with Crippen molar-refractivity contribution in [3.63, 3.8) is 0 Å². The van der Waals surface area contributed by atoms with Gasteiger partial charge in [0.1, 0.15) is 0 Å². The van der Waals surface area contributed by atoms with E-state index in [0.29, 0.717) is 42.7 Å². The topological polar surface area (TPSA) is 71.0 Å². The van der Waals surface area contributed by atoms with Gasteiger partial charge in [0.15, 0.2) is 0 Å². The number of rotatable bonds is 5. The van der Waals surface area contributed by atoms with Crippen LogP contribution in [0.2, 0.25) is 10.0 Å². The molecule has 2 aliphatic heterocycles. The molecular formula is C20H28Cl2N2O4. The first-order valence-corrected chi connectivity index (χ1v) is 10.6. The van der Waals surface area contributed by atoms with Gasteiger partial charge in [-0.1, -0.05) is 29.3 Å². The Kier molecular flexibility index (Phi) is 7.97. The Morgan fingerprint density at radius 3 is 2.86 bits per heavy atom. The standard InChI is InChI=1S/C20H28Cl2N2O4/c1-2-23-20(26)8-15-4-6-18-19(28-15)12-27-11-14(25)10-24(18)9-13-3-5-16(21)17(22)7-13/h3,5,7,14-15,18-19,25H,2,4,6,8-12H2,1H3,(H,23,26)/t14-,15+,18-,19+/m1/s1. The van der Waals surface area contributed by atoms with Crippen LogP contribution in [0, 0.1) is 0 Å². The van der Waals surface area contributed by atoms with E-state index in [4.69, 9.17) is 32.7 Å². The predicted octanol–water partition coefficient (Wildman–Crippen LogP) is 2.63. The number of carbonyl (C=O) groups excluding carboxylic acids is 1. The fourth-order valence-corrected chi connectivity index (χ4v) is 4.30. The number of ether oxygens (including phenoxy) is 2. The summed E-state index contributed by atoms with van der Waals surface area (Å²) in [5.74, 6) is 0.0146. The lowest BCUT2D eigenvalue weighted by molar-refractivity contribution is -0.158. The van der Waals surface area contributed by atoms with Crippen LogP contribution in [0.4, 0.5) is 0 Å². The number of β-amino-alcohol motifs (C(OH)–C–C–N with tert-alkyl or cyclic N) is 1. The van der Waals surface area contributed by atoms with Gasteiger partial charge in [-0.15, -0.1) is 0 Å². The molecule has 6 nitrogen and oxygen atoms in total. The number of hydrogen-bond donors (Lipinski definition) is 2. The maximum atomic E-state index is 11.9. The minimum Gasteiger partial charge on any atom is -0.389 e. The quantitative estimate of drug-likeness (QED) is 0.750. The number of fused-ring (bicyclic) bond motifs is 1. The van der Waals surface area contributed by atoms with Gasteiger partial charge in [-0.2, -0.15) is 0 Å². The molecule has 0 radical (unpaired) electrons. The average Bonchev–Trinajstić information content (AvgIpc) is 2.63. The van der Waals surface area contributed by atoms with E-state index in [0.717, 1.165) is 18.4 Å². The summed E-state index contributed by atoms with van der Waals surface area (Å²) in [7, 11) is 0. The van der Waals surface area contributed by atoms with E-state index in [1.165, 1.54) is 0 Å². The average molecular weight is 431 g/mol. The van der Waals surface area contributed by atoms with Crippen LogP contribution in [0.1, 0.15) is 31.7 Å². The third kappa shape index (κ3) is 5.81. The fourth-order valence-electron chi connectivity index (χ4n) is 3.98. The Labute approximate surface area is 176 Å². The van der Waals surface area contributed by atoms with Crippen molar-refractivity contribution in [1.82, 2.24) is 10.2 Å². The highest BCUT2D eigenvalue weighted by molar-refractivity contribution is 6.42. The van der Waals surface area contributed by atoms with Crippen LogP contribution in [-0.2, 0) is 20.8 Å². The Morgan fingerprint density at radius 2 is 2.11 bits per heavy atom. The summed E-state index contributed by atoms with van der Waals surface area (Å²) in [5.41, 5.74) is 1.03. The lowest BCUT2D eigenvalue weighted by Gasteiger charge is -2.44. The molecule has 0 bridgehead atoms. The maximum absolute atomic E-state index is 11.9. The minimum atomic E-state index is -0.559. The number of amides is 1. The van der Waals surface area contributed by atoms with Gasteiger partial charge in [0.2, 0.25) is 5.91 Å². The van der Waals surface area contributed by atoms with E-state index in [9.17, 15) is 9.90 Å². The maximum Gasteiger partial charge on any atom is 0.222 e. The summed E-state index contributed by atoms with van der Waals surface area (Å²) in [6, 6.07) is 5.71. The van der Waals surface area contributed by atoms with Crippen molar-refractivity contribution in [2.75, 3.05) is 26.3 Å². The highest BCUT2D eigenvalue weighted by Gasteiger charge is 2.38. The van der Waals surface area contributed by atoms with E-state index in [1.54, 1.807) is 6.07 Å². The number of carbonyl (C=O) groups is 1. The summed E-state index contributed by atoms with van der Waals surface area (Å²) >= 11 is 12.2. The van der Waals surface area contributed by atoms with Gasteiger partial charge in [-0.05, 0) is 37.5 Å². The van der Waals surface area contributed by atoms with Gasteiger partial charge in [0.05, 0.1) is 48.0 Å². The molecule has 2 saturated heterocycles. The van der Waals surface area contributed by atoms with Gasteiger partial charge in [-0.3, -0.25) is 9.69 Å². The molecule has 0 unspecified atom stereocenters. The lowest BCUT2D eigenvalue weighted by atomic mass is 9.94. The molecule has 1 amide bonds. The van der Waals surface area contributed by atoms with Crippen molar-refractivity contribution in [2.45, 2.75) is 57.1 Å². The molecule has 2 fully saturated rings. The fraction of sp³-hybridized carbons (Fsp3) is 0.650. The number of nitrogens with one attached hydrogen (secondary N) is 1. The zero-order chi connectivity index (χ0) is 20.1. The van der Waals surface area contributed by atoms with Gasteiger partial charge in [-0.25, -0.2) is 0 Å². The summed E-state index contributed by atoms with van der Waals surface area (Å²) in [4.78, 5) is 14.1.